The first kappa shape index (κ1) is 21.3. The zero-order valence-corrected chi connectivity index (χ0v) is 19.9. The van der Waals surface area contributed by atoms with Crippen molar-refractivity contribution in [1.82, 2.24) is 20.1 Å². The molecule has 0 saturated heterocycles. The standard InChI is InChI=1S/C25H27ClN4O2S/c26-20-5-3-19(4-6-20)23-28-29-24(30(23)14-21-2-1-7-32-21)33-15-22(31)27-25-11-16-8-17(12-25)10-18(9-16)13-25/h1-7,16-18H,8-15H2,(H,27,31). The second-order valence-corrected chi connectivity index (χ2v) is 11.4. The lowest BCUT2D eigenvalue weighted by atomic mass is 9.53. The summed E-state index contributed by atoms with van der Waals surface area (Å²) < 4.78 is 7.57. The van der Waals surface area contributed by atoms with Gasteiger partial charge in [0.1, 0.15) is 5.76 Å². The molecule has 4 fully saturated rings. The second-order valence-electron chi connectivity index (χ2n) is 10.0. The van der Waals surface area contributed by atoms with E-state index in [-0.39, 0.29) is 11.4 Å². The number of benzene rings is 1. The van der Waals surface area contributed by atoms with Crippen LogP contribution in [0.3, 0.4) is 0 Å². The average Bonchev–Trinajstić information content (AvgIpc) is 3.42. The minimum absolute atomic E-state index is 0.0305. The van der Waals surface area contributed by atoms with Gasteiger partial charge in [0.05, 0.1) is 18.6 Å². The molecule has 4 aliphatic carbocycles. The van der Waals surface area contributed by atoms with Crippen LogP contribution in [0.4, 0.5) is 0 Å². The van der Waals surface area contributed by atoms with Gasteiger partial charge in [-0.25, -0.2) is 0 Å². The lowest BCUT2D eigenvalue weighted by Gasteiger charge is -2.56. The highest BCUT2D eigenvalue weighted by atomic mass is 35.5. The fourth-order valence-electron chi connectivity index (χ4n) is 6.63. The summed E-state index contributed by atoms with van der Waals surface area (Å²) in [4.78, 5) is 13.0. The van der Waals surface area contributed by atoms with Crippen LogP contribution < -0.4 is 5.32 Å². The smallest absolute Gasteiger partial charge is 0.230 e. The van der Waals surface area contributed by atoms with Crippen molar-refractivity contribution >= 4 is 29.3 Å². The first-order valence-electron chi connectivity index (χ1n) is 11.7. The molecule has 3 aromatic rings. The Hall–Kier alpha value is -2.25. The van der Waals surface area contributed by atoms with Crippen LogP contribution in [-0.4, -0.2) is 32.0 Å². The fraction of sp³-hybridized carbons (Fsp3) is 0.480. The average molecular weight is 483 g/mol. The van der Waals surface area contributed by atoms with E-state index in [1.54, 1.807) is 6.26 Å². The summed E-state index contributed by atoms with van der Waals surface area (Å²) in [6.07, 6.45) is 9.24. The Kier molecular flexibility index (Phi) is 5.49. The van der Waals surface area contributed by atoms with E-state index in [0.29, 0.717) is 22.5 Å². The number of hydrogen-bond acceptors (Lipinski definition) is 5. The van der Waals surface area contributed by atoms with Crippen molar-refractivity contribution in [3.05, 3.63) is 53.4 Å². The van der Waals surface area contributed by atoms with Crippen molar-refractivity contribution in [2.45, 2.75) is 55.8 Å². The van der Waals surface area contributed by atoms with E-state index in [4.69, 9.17) is 16.0 Å². The lowest BCUT2D eigenvalue weighted by Crippen LogP contribution is -2.60. The predicted molar refractivity (Wildman–Crippen MR) is 128 cm³/mol. The Morgan fingerprint density at radius 3 is 2.42 bits per heavy atom. The van der Waals surface area contributed by atoms with Crippen LogP contribution in [0.5, 0.6) is 0 Å². The van der Waals surface area contributed by atoms with E-state index in [1.807, 2.05) is 41.0 Å². The highest BCUT2D eigenvalue weighted by Crippen LogP contribution is 2.55. The van der Waals surface area contributed by atoms with Gasteiger partial charge in [-0.3, -0.25) is 9.36 Å². The first-order chi connectivity index (χ1) is 16.1. The summed E-state index contributed by atoms with van der Waals surface area (Å²) in [6.45, 7) is 0.497. The minimum Gasteiger partial charge on any atom is -0.467 e. The molecule has 4 bridgehead atoms. The number of hydrogen-bond donors (Lipinski definition) is 1. The number of rotatable bonds is 7. The van der Waals surface area contributed by atoms with Crippen LogP contribution in [0.25, 0.3) is 11.4 Å². The van der Waals surface area contributed by atoms with Crippen molar-refractivity contribution in [2.75, 3.05) is 5.75 Å². The van der Waals surface area contributed by atoms with E-state index in [0.717, 1.165) is 54.2 Å². The number of thioether (sulfide) groups is 1. The molecular formula is C25H27ClN4O2S. The van der Waals surface area contributed by atoms with Crippen molar-refractivity contribution in [2.24, 2.45) is 17.8 Å². The molecule has 1 aromatic carbocycles. The number of furan rings is 1. The van der Waals surface area contributed by atoms with Crippen molar-refractivity contribution in [1.29, 1.82) is 0 Å². The molecule has 172 valence electrons. The summed E-state index contributed by atoms with van der Waals surface area (Å²) in [5, 5.41) is 13.7. The zero-order valence-electron chi connectivity index (χ0n) is 18.4. The summed E-state index contributed by atoms with van der Waals surface area (Å²) in [5.41, 5.74) is 0.950. The topological polar surface area (TPSA) is 73.0 Å². The van der Waals surface area contributed by atoms with Gasteiger partial charge >= 0.3 is 0 Å². The minimum atomic E-state index is 0.0305. The third-order valence-electron chi connectivity index (χ3n) is 7.49. The molecule has 33 heavy (non-hydrogen) atoms. The highest BCUT2D eigenvalue weighted by Gasteiger charge is 2.51. The van der Waals surface area contributed by atoms with Gasteiger partial charge in [-0.2, -0.15) is 0 Å². The van der Waals surface area contributed by atoms with Crippen LogP contribution in [-0.2, 0) is 11.3 Å². The SMILES string of the molecule is O=C(CSc1nnc(-c2ccc(Cl)cc2)n1Cc1ccco1)NC12CC3CC(CC(C3)C1)C2. The number of nitrogens with one attached hydrogen (secondary N) is 1. The Bertz CT molecular complexity index is 1110. The molecule has 6 nitrogen and oxygen atoms in total. The number of amides is 1. The molecule has 7 rings (SSSR count). The number of nitrogens with zero attached hydrogens (tertiary/aromatic N) is 3. The summed E-state index contributed by atoms with van der Waals surface area (Å²) in [7, 11) is 0. The Labute approximate surface area is 202 Å². The molecule has 4 aliphatic rings. The fourth-order valence-corrected chi connectivity index (χ4v) is 7.50. The first-order valence-corrected chi connectivity index (χ1v) is 13.1. The van der Waals surface area contributed by atoms with Gasteiger partial charge in [-0.15, -0.1) is 10.2 Å². The van der Waals surface area contributed by atoms with Gasteiger partial charge in [0.2, 0.25) is 5.91 Å². The van der Waals surface area contributed by atoms with E-state index in [1.165, 1.54) is 31.0 Å². The van der Waals surface area contributed by atoms with Crippen LogP contribution in [0.2, 0.25) is 5.02 Å². The number of carbonyl (C=O) groups is 1. The number of aromatic nitrogens is 3. The monoisotopic (exact) mass is 482 g/mol. The maximum Gasteiger partial charge on any atom is 0.230 e. The third kappa shape index (κ3) is 4.33. The quantitative estimate of drug-likeness (QED) is 0.455. The highest BCUT2D eigenvalue weighted by molar-refractivity contribution is 7.99. The maximum atomic E-state index is 13.0. The molecule has 1 N–H and O–H groups in total. The van der Waals surface area contributed by atoms with Crippen molar-refractivity contribution < 1.29 is 9.21 Å². The Morgan fingerprint density at radius 1 is 1.09 bits per heavy atom. The molecule has 0 unspecified atom stereocenters. The molecule has 4 saturated carbocycles. The van der Waals surface area contributed by atoms with Crippen LogP contribution in [0, 0.1) is 17.8 Å². The summed E-state index contributed by atoms with van der Waals surface area (Å²) >= 11 is 7.50. The molecular weight excluding hydrogens is 456 g/mol. The Morgan fingerprint density at radius 2 is 1.79 bits per heavy atom. The molecule has 0 spiro atoms. The Balaban J connectivity index is 1.18. The molecule has 0 radical (unpaired) electrons. The largest absolute Gasteiger partial charge is 0.467 e. The molecule has 1 amide bonds. The van der Waals surface area contributed by atoms with Crippen LogP contribution >= 0.6 is 23.4 Å². The summed E-state index contributed by atoms with van der Waals surface area (Å²) in [6, 6.07) is 11.3. The molecule has 2 heterocycles. The van der Waals surface area contributed by atoms with Gasteiger partial charge in [0.15, 0.2) is 11.0 Å². The zero-order chi connectivity index (χ0) is 22.4. The molecule has 0 aliphatic heterocycles. The number of halogens is 1. The van der Waals surface area contributed by atoms with E-state index in [9.17, 15) is 4.79 Å². The van der Waals surface area contributed by atoms with E-state index in [2.05, 4.69) is 15.5 Å². The van der Waals surface area contributed by atoms with Crippen molar-refractivity contribution in [3.63, 3.8) is 0 Å². The summed E-state index contributed by atoms with van der Waals surface area (Å²) in [5.74, 6) is 4.39. The van der Waals surface area contributed by atoms with Gasteiger partial charge < -0.3 is 9.73 Å². The normalized spacial score (nSPS) is 27.7. The maximum absolute atomic E-state index is 13.0. The van der Waals surface area contributed by atoms with Gasteiger partial charge in [0, 0.05) is 16.1 Å². The predicted octanol–water partition coefficient (Wildman–Crippen LogP) is 5.42. The molecule has 8 heteroatoms. The van der Waals surface area contributed by atoms with Crippen LogP contribution in [0.15, 0.2) is 52.2 Å². The van der Waals surface area contributed by atoms with E-state index >= 15 is 0 Å². The third-order valence-corrected chi connectivity index (χ3v) is 8.71. The van der Waals surface area contributed by atoms with Crippen molar-refractivity contribution in [3.8, 4) is 11.4 Å². The molecule has 2 aromatic heterocycles. The lowest BCUT2D eigenvalue weighted by molar-refractivity contribution is -0.124. The van der Waals surface area contributed by atoms with Crippen LogP contribution in [0.1, 0.15) is 44.3 Å². The van der Waals surface area contributed by atoms with Gasteiger partial charge in [-0.1, -0.05) is 23.4 Å². The molecule has 0 atom stereocenters. The second kappa shape index (κ2) is 8.51. The number of carbonyl (C=O) groups excluding carboxylic acids is 1. The van der Waals surface area contributed by atoms with Gasteiger partial charge in [0.25, 0.3) is 0 Å². The van der Waals surface area contributed by atoms with Gasteiger partial charge in [-0.05, 0) is 92.7 Å². The van der Waals surface area contributed by atoms with E-state index < -0.39 is 0 Å².